The van der Waals surface area contributed by atoms with Gasteiger partial charge in [0.1, 0.15) is 11.5 Å². The SMILES string of the molecule is CCOc1ccc(OCC(=O)N2CCCC(NC)C2)cc1. The van der Waals surface area contributed by atoms with E-state index in [0.717, 1.165) is 31.7 Å². The Kier molecular flexibility index (Phi) is 5.87. The highest BCUT2D eigenvalue weighted by Gasteiger charge is 2.22. The fourth-order valence-corrected chi connectivity index (χ4v) is 2.47. The fourth-order valence-electron chi connectivity index (χ4n) is 2.47. The minimum absolute atomic E-state index is 0.0452. The molecule has 0 aromatic heterocycles. The number of carbonyl (C=O) groups is 1. The molecule has 1 unspecified atom stereocenters. The van der Waals surface area contributed by atoms with Gasteiger partial charge < -0.3 is 19.7 Å². The Morgan fingerprint density at radius 3 is 2.57 bits per heavy atom. The van der Waals surface area contributed by atoms with Crippen molar-refractivity contribution in [3.05, 3.63) is 24.3 Å². The lowest BCUT2D eigenvalue weighted by Gasteiger charge is -2.32. The number of likely N-dealkylation sites (tertiary alicyclic amines) is 1. The van der Waals surface area contributed by atoms with Gasteiger partial charge in [0.25, 0.3) is 5.91 Å². The molecule has 5 heteroatoms. The first-order valence-corrected chi connectivity index (χ1v) is 7.53. The lowest BCUT2D eigenvalue weighted by atomic mass is 10.1. The second-order valence-corrected chi connectivity index (χ2v) is 5.16. The largest absolute Gasteiger partial charge is 0.494 e. The van der Waals surface area contributed by atoms with Crippen LogP contribution in [0, 0.1) is 0 Å². The fraction of sp³-hybridized carbons (Fsp3) is 0.562. The zero-order valence-electron chi connectivity index (χ0n) is 12.8. The van der Waals surface area contributed by atoms with E-state index >= 15 is 0 Å². The maximum atomic E-state index is 12.2. The molecule has 1 aliphatic rings. The highest BCUT2D eigenvalue weighted by atomic mass is 16.5. The molecule has 1 aliphatic heterocycles. The van der Waals surface area contributed by atoms with Crippen molar-refractivity contribution in [2.45, 2.75) is 25.8 Å². The van der Waals surface area contributed by atoms with Gasteiger partial charge in [-0.1, -0.05) is 0 Å². The number of piperidine rings is 1. The molecule has 21 heavy (non-hydrogen) atoms. The van der Waals surface area contributed by atoms with E-state index in [-0.39, 0.29) is 12.5 Å². The van der Waals surface area contributed by atoms with E-state index in [9.17, 15) is 4.79 Å². The quantitative estimate of drug-likeness (QED) is 0.866. The smallest absolute Gasteiger partial charge is 0.260 e. The molecule has 0 saturated carbocycles. The molecule has 1 fully saturated rings. The van der Waals surface area contributed by atoms with Gasteiger partial charge in [0.2, 0.25) is 0 Å². The van der Waals surface area contributed by atoms with Gasteiger partial charge in [-0.15, -0.1) is 0 Å². The van der Waals surface area contributed by atoms with E-state index in [0.29, 0.717) is 18.4 Å². The van der Waals surface area contributed by atoms with Crippen molar-refractivity contribution in [3.8, 4) is 11.5 Å². The Labute approximate surface area is 126 Å². The molecule has 0 spiro atoms. The van der Waals surface area contributed by atoms with Crippen molar-refractivity contribution in [2.24, 2.45) is 0 Å². The predicted octanol–water partition coefficient (Wildman–Crippen LogP) is 1.67. The molecular formula is C16H24N2O3. The van der Waals surface area contributed by atoms with Crippen molar-refractivity contribution in [2.75, 3.05) is 33.4 Å². The van der Waals surface area contributed by atoms with Crippen molar-refractivity contribution in [3.63, 3.8) is 0 Å². The first-order chi connectivity index (χ1) is 10.2. The van der Waals surface area contributed by atoms with Crippen LogP contribution in [0.2, 0.25) is 0 Å². The van der Waals surface area contributed by atoms with Gasteiger partial charge in [-0.25, -0.2) is 0 Å². The highest BCUT2D eigenvalue weighted by molar-refractivity contribution is 5.77. The molecule has 1 aromatic carbocycles. The summed E-state index contributed by atoms with van der Waals surface area (Å²) in [4.78, 5) is 14.0. The molecular weight excluding hydrogens is 268 g/mol. The second kappa shape index (κ2) is 7.88. The molecule has 0 aliphatic carbocycles. The average Bonchev–Trinajstić information content (AvgIpc) is 2.54. The number of rotatable bonds is 6. The number of benzene rings is 1. The van der Waals surface area contributed by atoms with Crippen molar-refractivity contribution in [1.82, 2.24) is 10.2 Å². The monoisotopic (exact) mass is 292 g/mol. The van der Waals surface area contributed by atoms with Crippen molar-refractivity contribution in [1.29, 1.82) is 0 Å². The Morgan fingerprint density at radius 1 is 1.29 bits per heavy atom. The molecule has 0 radical (unpaired) electrons. The van der Waals surface area contributed by atoms with Crippen molar-refractivity contribution < 1.29 is 14.3 Å². The summed E-state index contributed by atoms with van der Waals surface area (Å²) in [6.45, 7) is 4.26. The number of hydrogen-bond acceptors (Lipinski definition) is 4. The number of hydrogen-bond donors (Lipinski definition) is 1. The lowest BCUT2D eigenvalue weighted by molar-refractivity contribution is -0.134. The number of nitrogens with one attached hydrogen (secondary N) is 1. The molecule has 2 rings (SSSR count). The summed E-state index contributed by atoms with van der Waals surface area (Å²) >= 11 is 0. The van der Waals surface area contributed by atoms with Gasteiger partial charge in [-0.3, -0.25) is 4.79 Å². The normalized spacial score (nSPS) is 18.4. The summed E-state index contributed by atoms with van der Waals surface area (Å²) in [5, 5.41) is 3.23. The Hall–Kier alpha value is -1.75. The Balaban J connectivity index is 1.80. The van der Waals surface area contributed by atoms with Crippen LogP contribution in [0.3, 0.4) is 0 Å². The number of carbonyl (C=O) groups excluding carboxylic acids is 1. The van der Waals surface area contributed by atoms with Crippen LogP contribution in [-0.4, -0.2) is 50.2 Å². The van der Waals surface area contributed by atoms with Gasteiger partial charge >= 0.3 is 0 Å². The summed E-state index contributed by atoms with van der Waals surface area (Å²) in [7, 11) is 1.94. The average molecular weight is 292 g/mol. The Bertz CT molecular complexity index is 447. The predicted molar refractivity (Wildman–Crippen MR) is 81.8 cm³/mol. The minimum atomic E-state index is 0.0452. The zero-order chi connectivity index (χ0) is 15.1. The van der Waals surface area contributed by atoms with Crippen LogP contribution in [0.25, 0.3) is 0 Å². The van der Waals surface area contributed by atoms with Crippen LogP contribution in [0.4, 0.5) is 0 Å². The molecule has 116 valence electrons. The van der Waals surface area contributed by atoms with Crippen LogP contribution in [-0.2, 0) is 4.79 Å². The van der Waals surface area contributed by atoms with Crippen LogP contribution < -0.4 is 14.8 Å². The molecule has 5 nitrogen and oxygen atoms in total. The molecule has 1 aromatic rings. The zero-order valence-corrected chi connectivity index (χ0v) is 12.8. The molecule has 1 heterocycles. The molecule has 0 bridgehead atoms. The highest BCUT2D eigenvalue weighted by Crippen LogP contribution is 2.18. The van der Waals surface area contributed by atoms with Crippen LogP contribution in [0.5, 0.6) is 11.5 Å². The third-order valence-electron chi connectivity index (χ3n) is 3.68. The summed E-state index contributed by atoms with van der Waals surface area (Å²) in [6, 6.07) is 7.74. The van der Waals surface area contributed by atoms with E-state index in [1.165, 1.54) is 0 Å². The first-order valence-electron chi connectivity index (χ1n) is 7.53. The summed E-state index contributed by atoms with van der Waals surface area (Å²) in [5.74, 6) is 1.54. The summed E-state index contributed by atoms with van der Waals surface area (Å²) in [6.07, 6.45) is 2.17. The Morgan fingerprint density at radius 2 is 1.95 bits per heavy atom. The van der Waals surface area contributed by atoms with Crippen molar-refractivity contribution >= 4 is 5.91 Å². The van der Waals surface area contributed by atoms with Gasteiger partial charge in [0.05, 0.1) is 6.61 Å². The second-order valence-electron chi connectivity index (χ2n) is 5.16. The van der Waals surface area contributed by atoms with Crippen LogP contribution >= 0.6 is 0 Å². The number of likely N-dealkylation sites (N-methyl/N-ethyl adjacent to an activating group) is 1. The lowest BCUT2D eigenvalue weighted by Crippen LogP contribution is -2.48. The standard InChI is InChI=1S/C16H24N2O3/c1-3-20-14-6-8-15(9-7-14)21-12-16(19)18-10-4-5-13(11-18)17-2/h6-9,13,17H,3-5,10-12H2,1-2H3. The van der Waals surface area contributed by atoms with Crippen LogP contribution in [0.1, 0.15) is 19.8 Å². The topological polar surface area (TPSA) is 50.8 Å². The first kappa shape index (κ1) is 15.6. The van der Waals surface area contributed by atoms with Gasteiger partial charge in [0.15, 0.2) is 6.61 Å². The third kappa shape index (κ3) is 4.63. The summed E-state index contributed by atoms with van der Waals surface area (Å²) in [5.41, 5.74) is 0. The van der Waals surface area contributed by atoms with E-state index in [4.69, 9.17) is 9.47 Å². The van der Waals surface area contributed by atoms with Gasteiger partial charge in [-0.05, 0) is 51.1 Å². The molecule has 1 atom stereocenters. The van der Waals surface area contributed by atoms with Crippen LogP contribution in [0.15, 0.2) is 24.3 Å². The maximum absolute atomic E-state index is 12.2. The summed E-state index contributed by atoms with van der Waals surface area (Å²) < 4.78 is 10.9. The number of ether oxygens (including phenoxy) is 2. The van der Waals surface area contributed by atoms with E-state index in [2.05, 4.69) is 5.32 Å². The number of nitrogens with zero attached hydrogens (tertiary/aromatic N) is 1. The number of amides is 1. The van der Waals surface area contributed by atoms with E-state index < -0.39 is 0 Å². The van der Waals surface area contributed by atoms with Gasteiger partial charge in [-0.2, -0.15) is 0 Å². The van der Waals surface area contributed by atoms with E-state index in [1.54, 1.807) is 0 Å². The molecule has 1 saturated heterocycles. The molecule has 1 N–H and O–H groups in total. The molecule has 1 amide bonds. The minimum Gasteiger partial charge on any atom is -0.494 e. The van der Waals surface area contributed by atoms with Gasteiger partial charge in [0, 0.05) is 19.1 Å². The van der Waals surface area contributed by atoms with E-state index in [1.807, 2.05) is 43.1 Å². The maximum Gasteiger partial charge on any atom is 0.260 e. The third-order valence-corrected chi connectivity index (χ3v) is 3.68.